The second-order valence-electron chi connectivity index (χ2n) is 6.34. The summed E-state index contributed by atoms with van der Waals surface area (Å²) in [5, 5.41) is 2.68. The molecule has 0 unspecified atom stereocenters. The minimum Gasteiger partial charge on any atom is -0.354 e. The van der Waals surface area contributed by atoms with Gasteiger partial charge in [0.1, 0.15) is 5.69 Å². The van der Waals surface area contributed by atoms with E-state index in [0.29, 0.717) is 18.8 Å². The first-order valence-corrected chi connectivity index (χ1v) is 8.69. The largest absolute Gasteiger partial charge is 0.418 e. The van der Waals surface area contributed by atoms with Crippen LogP contribution in [0, 0.1) is 0 Å². The van der Waals surface area contributed by atoms with Crippen molar-refractivity contribution in [2.75, 3.05) is 38.5 Å². The Bertz CT molecular complexity index is 818. The molecule has 0 spiro atoms. The van der Waals surface area contributed by atoms with Gasteiger partial charge in [0, 0.05) is 31.2 Å². The van der Waals surface area contributed by atoms with Gasteiger partial charge in [-0.05, 0) is 37.4 Å². The quantitative estimate of drug-likeness (QED) is 0.852. The number of nitrogens with one attached hydrogen (secondary N) is 1. The third-order valence-corrected chi connectivity index (χ3v) is 4.57. The smallest absolute Gasteiger partial charge is 0.354 e. The van der Waals surface area contributed by atoms with Gasteiger partial charge in [-0.15, -0.1) is 0 Å². The van der Waals surface area contributed by atoms with E-state index in [2.05, 4.69) is 15.2 Å². The fourth-order valence-electron chi connectivity index (χ4n) is 2.78. The van der Waals surface area contributed by atoms with Gasteiger partial charge in [-0.25, -0.2) is 4.98 Å². The minimum atomic E-state index is -4.54. The summed E-state index contributed by atoms with van der Waals surface area (Å²) in [6.45, 7) is 2.83. The molecule has 1 fully saturated rings. The number of rotatable bonds is 3. The molecule has 9 heteroatoms. The molecule has 0 bridgehead atoms. The molecule has 5 nitrogen and oxygen atoms in total. The van der Waals surface area contributed by atoms with Crippen molar-refractivity contribution in [3.05, 3.63) is 52.8 Å². The Morgan fingerprint density at radius 2 is 1.85 bits per heavy atom. The van der Waals surface area contributed by atoms with Crippen LogP contribution in [0.4, 0.5) is 24.5 Å². The van der Waals surface area contributed by atoms with E-state index < -0.39 is 11.7 Å². The van der Waals surface area contributed by atoms with Crippen LogP contribution >= 0.6 is 11.6 Å². The van der Waals surface area contributed by atoms with Crippen molar-refractivity contribution in [3.63, 3.8) is 0 Å². The average molecular weight is 399 g/mol. The average Bonchev–Trinajstić information content (AvgIpc) is 2.63. The highest BCUT2D eigenvalue weighted by Gasteiger charge is 2.34. The Balaban J connectivity index is 1.74. The summed E-state index contributed by atoms with van der Waals surface area (Å²) in [7, 11) is 1.99. The Morgan fingerprint density at radius 3 is 2.44 bits per heavy atom. The highest BCUT2D eigenvalue weighted by molar-refractivity contribution is 6.30. The standard InChI is InChI=1S/C18H18ClF3N4O/c1-25-6-8-26(9-7-25)17(27)16-5-3-13(11-23-16)24-15-4-2-12(19)10-14(15)18(20,21)22/h2-5,10-11,24H,6-9H2,1H3. The molecule has 1 N–H and O–H groups in total. The number of anilines is 2. The lowest BCUT2D eigenvalue weighted by Gasteiger charge is -2.32. The zero-order valence-corrected chi connectivity index (χ0v) is 15.3. The van der Waals surface area contributed by atoms with Crippen LogP contribution in [0.2, 0.25) is 5.02 Å². The molecule has 0 radical (unpaired) electrons. The second-order valence-corrected chi connectivity index (χ2v) is 6.78. The van der Waals surface area contributed by atoms with E-state index >= 15 is 0 Å². The number of carbonyl (C=O) groups is 1. The first-order chi connectivity index (χ1) is 12.7. The van der Waals surface area contributed by atoms with Gasteiger partial charge in [0.05, 0.1) is 23.1 Å². The molecule has 1 aliphatic rings. The summed E-state index contributed by atoms with van der Waals surface area (Å²) in [6.07, 6.45) is -3.20. The number of likely N-dealkylation sites (N-methyl/N-ethyl adjacent to an activating group) is 1. The lowest BCUT2D eigenvalue weighted by atomic mass is 10.1. The SMILES string of the molecule is CN1CCN(C(=O)c2ccc(Nc3ccc(Cl)cc3C(F)(F)F)cn2)CC1. The van der Waals surface area contributed by atoms with Crippen LogP contribution in [0.15, 0.2) is 36.5 Å². The molecule has 1 saturated heterocycles. The van der Waals surface area contributed by atoms with Crippen molar-refractivity contribution in [3.8, 4) is 0 Å². The highest BCUT2D eigenvalue weighted by Crippen LogP contribution is 2.37. The molecule has 1 amide bonds. The van der Waals surface area contributed by atoms with E-state index in [1.807, 2.05) is 7.05 Å². The summed E-state index contributed by atoms with van der Waals surface area (Å²) < 4.78 is 39.5. The summed E-state index contributed by atoms with van der Waals surface area (Å²) in [4.78, 5) is 20.4. The second kappa shape index (κ2) is 7.74. The van der Waals surface area contributed by atoms with Gasteiger partial charge >= 0.3 is 6.18 Å². The van der Waals surface area contributed by atoms with Gasteiger partial charge in [0.25, 0.3) is 5.91 Å². The topological polar surface area (TPSA) is 48.5 Å². The van der Waals surface area contributed by atoms with Crippen molar-refractivity contribution in [1.29, 1.82) is 0 Å². The number of hydrogen-bond acceptors (Lipinski definition) is 4. The molecule has 0 atom stereocenters. The molecular formula is C18H18ClF3N4O. The fraction of sp³-hybridized carbons (Fsp3) is 0.333. The number of aromatic nitrogens is 1. The summed E-state index contributed by atoms with van der Waals surface area (Å²) in [6, 6.07) is 6.53. The lowest BCUT2D eigenvalue weighted by Crippen LogP contribution is -2.47. The molecule has 1 aliphatic heterocycles. The molecule has 1 aromatic carbocycles. The maximum Gasteiger partial charge on any atom is 0.418 e. The highest BCUT2D eigenvalue weighted by atomic mass is 35.5. The van der Waals surface area contributed by atoms with Crippen molar-refractivity contribution >= 4 is 28.9 Å². The molecule has 144 valence electrons. The third-order valence-electron chi connectivity index (χ3n) is 4.34. The van der Waals surface area contributed by atoms with Crippen LogP contribution in [-0.2, 0) is 6.18 Å². The van der Waals surface area contributed by atoms with E-state index in [1.165, 1.54) is 30.5 Å². The summed E-state index contributed by atoms with van der Waals surface area (Å²) in [5.41, 5.74) is -0.394. The fourth-order valence-corrected chi connectivity index (χ4v) is 2.95. The molecular weight excluding hydrogens is 381 g/mol. The molecule has 27 heavy (non-hydrogen) atoms. The Labute approximate surface area is 159 Å². The van der Waals surface area contributed by atoms with Crippen molar-refractivity contribution in [2.45, 2.75) is 6.18 Å². The Kier molecular flexibility index (Phi) is 5.57. The van der Waals surface area contributed by atoms with Crippen LogP contribution in [0.5, 0.6) is 0 Å². The van der Waals surface area contributed by atoms with Gasteiger partial charge in [-0.1, -0.05) is 11.6 Å². The van der Waals surface area contributed by atoms with E-state index in [0.717, 1.165) is 19.2 Å². The maximum atomic E-state index is 13.2. The first-order valence-electron chi connectivity index (χ1n) is 8.31. The Morgan fingerprint density at radius 1 is 1.15 bits per heavy atom. The third kappa shape index (κ3) is 4.70. The van der Waals surface area contributed by atoms with E-state index in [9.17, 15) is 18.0 Å². The maximum absolute atomic E-state index is 13.2. The summed E-state index contributed by atoms with van der Waals surface area (Å²) >= 11 is 5.68. The minimum absolute atomic E-state index is 0.000814. The number of hydrogen-bond donors (Lipinski definition) is 1. The van der Waals surface area contributed by atoms with Crippen LogP contribution in [0.1, 0.15) is 16.1 Å². The number of carbonyl (C=O) groups excluding carboxylic acids is 1. The predicted octanol–water partition coefficient (Wildman–Crippen LogP) is 3.89. The number of amides is 1. The van der Waals surface area contributed by atoms with E-state index in [4.69, 9.17) is 11.6 Å². The van der Waals surface area contributed by atoms with Crippen LogP contribution in [-0.4, -0.2) is 53.9 Å². The Hall–Kier alpha value is -2.32. The van der Waals surface area contributed by atoms with Gasteiger partial charge in [-0.2, -0.15) is 13.2 Å². The number of halogens is 4. The van der Waals surface area contributed by atoms with E-state index in [-0.39, 0.29) is 22.3 Å². The van der Waals surface area contributed by atoms with E-state index in [1.54, 1.807) is 4.90 Å². The number of alkyl halides is 3. The van der Waals surface area contributed by atoms with Crippen molar-refractivity contribution < 1.29 is 18.0 Å². The predicted molar refractivity (Wildman–Crippen MR) is 97.4 cm³/mol. The first kappa shape index (κ1) is 19.4. The zero-order valence-electron chi connectivity index (χ0n) is 14.6. The number of piperazine rings is 1. The monoisotopic (exact) mass is 398 g/mol. The van der Waals surface area contributed by atoms with Crippen molar-refractivity contribution in [2.24, 2.45) is 0 Å². The van der Waals surface area contributed by atoms with Gasteiger partial charge in [-0.3, -0.25) is 4.79 Å². The van der Waals surface area contributed by atoms with Crippen LogP contribution < -0.4 is 5.32 Å². The normalized spacial score (nSPS) is 15.7. The number of nitrogens with zero attached hydrogens (tertiary/aromatic N) is 3. The van der Waals surface area contributed by atoms with Crippen molar-refractivity contribution in [1.82, 2.24) is 14.8 Å². The van der Waals surface area contributed by atoms with Gasteiger partial charge in [0.15, 0.2) is 0 Å². The molecule has 2 aromatic rings. The van der Waals surface area contributed by atoms with Crippen LogP contribution in [0.25, 0.3) is 0 Å². The van der Waals surface area contributed by atoms with Crippen LogP contribution in [0.3, 0.4) is 0 Å². The molecule has 3 rings (SSSR count). The lowest BCUT2D eigenvalue weighted by molar-refractivity contribution is -0.136. The molecule has 0 aliphatic carbocycles. The molecule has 0 saturated carbocycles. The zero-order chi connectivity index (χ0) is 19.6. The molecule has 1 aromatic heterocycles. The van der Waals surface area contributed by atoms with Gasteiger partial charge in [0.2, 0.25) is 0 Å². The summed E-state index contributed by atoms with van der Waals surface area (Å²) in [5.74, 6) is -0.183. The number of benzene rings is 1. The number of pyridine rings is 1. The molecule has 2 heterocycles. The van der Waals surface area contributed by atoms with Gasteiger partial charge < -0.3 is 15.1 Å².